The lowest BCUT2D eigenvalue weighted by molar-refractivity contribution is 0.169. The van der Waals surface area contributed by atoms with Gasteiger partial charge in [-0.3, -0.25) is 4.68 Å². The zero-order valence-corrected chi connectivity index (χ0v) is 14.2. The number of nitrogens with zero attached hydrogens (tertiary/aromatic N) is 2. The summed E-state index contributed by atoms with van der Waals surface area (Å²) >= 11 is 0. The third-order valence-corrected chi connectivity index (χ3v) is 4.70. The maximum Gasteiger partial charge on any atom is 0.315 e. The number of carbonyl (C=O) groups is 1. The summed E-state index contributed by atoms with van der Waals surface area (Å²) in [5.74, 6) is 0.0691. The largest absolute Gasteiger partial charge is 0.386 e. The second-order valence-electron chi connectivity index (χ2n) is 6.54. The summed E-state index contributed by atoms with van der Waals surface area (Å²) in [6, 6.07) is 5.75. The van der Waals surface area contributed by atoms with Crippen LogP contribution < -0.4 is 10.6 Å². The second-order valence-corrected chi connectivity index (χ2v) is 6.54. The molecule has 1 heterocycles. The Morgan fingerprint density at radius 2 is 2.08 bits per heavy atom. The Balaban J connectivity index is 1.57. The Morgan fingerprint density at radius 3 is 2.64 bits per heavy atom. The van der Waals surface area contributed by atoms with Crippen LogP contribution in [0, 0.1) is 11.7 Å². The van der Waals surface area contributed by atoms with Crippen molar-refractivity contribution in [1.82, 2.24) is 20.4 Å². The van der Waals surface area contributed by atoms with Crippen molar-refractivity contribution in [3.05, 3.63) is 53.6 Å². The molecule has 1 aliphatic rings. The molecule has 1 aromatic heterocycles. The molecule has 1 aromatic carbocycles. The number of nitrogens with one attached hydrogen (secondary N) is 2. The predicted octanol–water partition coefficient (Wildman–Crippen LogP) is 2.43. The van der Waals surface area contributed by atoms with Crippen molar-refractivity contribution in [2.24, 2.45) is 13.0 Å². The van der Waals surface area contributed by atoms with E-state index in [1.807, 2.05) is 0 Å². The van der Waals surface area contributed by atoms with Crippen LogP contribution in [0.15, 0.2) is 36.7 Å². The highest BCUT2D eigenvalue weighted by Crippen LogP contribution is 2.37. The molecule has 6 nitrogen and oxygen atoms in total. The van der Waals surface area contributed by atoms with E-state index in [2.05, 4.69) is 15.7 Å². The van der Waals surface area contributed by atoms with Gasteiger partial charge in [0.05, 0.1) is 18.3 Å². The number of benzene rings is 1. The van der Waals surface area contributed by atoms with Crippen molar-refractivity contribution in [2.45, 2.75) is 31.4 Å². The number of amides is 2. The smallest absolute Gasteiger partial charge is 0.315 e. The van der Waals surface area contributed by atoms with E-state index in [9.17, 15) is 14.3 Å². The zero-order valence-electron chi connectivity index (χ0n) is 14.2. The number of aliphatic hydroxyl groups is 1. The van der Waals surface area contributed by atoms with E-state index < -0.39 is 6.10 Å². The first-order chi connectivity index (χ1) is 12.0. The summed E-state index contributed by atoms with van der Waals surface area (Å²) in [4.78, 5) is 12.3. The third-order valence-electron chi connectivity index (χ3n) is 4.70. The van der Waals surface area contributed by atoms with E-state index in [1.165, 1.54) is 12.1 Å². The number of aliphatic hydroxyl groups excluding tert-OH is 1. The van der Waals surface area contributed by atoms with E-state index in [0.29, 0.717) is 11.5 Å². The van der Waals surface area contributed by atoms with Gasteiger partial charge in [0, 0.05) is 25.4 Å². The van der Waals surface area contributed by atoms with Crippen LogP contribution in [0.2, 0.25) is 0 Å². The Kier molecular flexibility index (Phi) is 5.33. The fourth-order valence-corrected chi connectivity index (χ4v) is 3.03. The maximum atomic E-state index is 13.1. The number of hydrogen-bond donors (Lipinski definition) is 3. The molecule has 0 aliphatic heterocycles. The lowest BCUT2D eigenvalue weighted by atomic mass is 9.77. The van der Waals surface area contributed by atoms with Crippen LogP contribution in [-0.2, 0) is 7.05 Å². The van der Waals surface area contributed by atoms with E-state index >= 15 is 0 Å². The quantitative estimate of drug-likeness (QED) is 0.752. The van der Waals surface area contributed by atoms with Crippen LogP contribution in [0.5, 0.6) is 0 Å². The van der Waals surface area contributed by atoms with Crippen LogP contribution in [0.1, 0.15) is 42.5 Å². The standard InChI is InChI=1S/C18H23FN4O2/c1-23-11-14(9-21-23)16(24)10-20-18(25)22-17(12-3-2-4-12)13-5-7-15(19)8-6-13/h5-9,11-12,16-17,24H,2-4,10H2,1H3,(H2,20,22,25)/t16-,17+/m0/s1. The normalized spacial score (nSPS) is 16.8. The molecule has 3 N–H and O–H groups in total. The van der Waals surface area contributed by atoms with Crippen LogP contribution in [0.3, 0.4) is 0 Å². The van der Waals surface area contributed by atoms with Gasteiger partial charge in [0.1, 0.15) is 5.82 Å². The third kappa shape index (κ3) is 4.36. The molecule has 7 heteroatoms. The molecule has 1 fully saturated rings. The van der Waals surface area contributed by atoms with Gasteiger partial charge in [-0.2, -0.15) is 5.10 Å². The van der Waals surface area contributed by atoms with Crippen LogP contribution in [0.25, 0.3) is 0 Å². The number of carbonyl (C=O) groups excluding carboxylic acids is 1. The van der Waals surface area contributed by atoms with Gasteiger partial charge in [-0.25, -0.2) is 9.18 Å². The molecular weight excluding hydrogens is 323 g/mol. The zero-order chi connectivity index (χ0) is 17.8. The van der Waals surface area contributed by atoms with Gasteiger partial charge >= 0.3 is 6.03 Å². The summed E-state index contributed by atoms with van der Waals surface area (Å²) in [5, 5.41) is 19.7. The predicted molar refractivity (Wildman–Crippen MR) is 91.2 cm³/mol. The molecule has 2 amide bonds. The molecule has 0 spiro atoms. The number of hydrogen-bond acceptors (Lipinski definition) is 3. The summed E-state index contributed by atoms with van der Waals surface area (Å²) in [7, 11) is 1.77. The highest BCUT2D eigenvalue weighted by molar-refractivity contribution is 5.74. The van der Waals surface area contributed by atoms with Crippen molar-refractivity contribution in [3.63, 3.8) is 0 Å². The minimum absolute atomic E-state index is 0.0956. The molecule has 0 bridgehead atoms. The van der Waals surface area contributed by atoms with Crippen molar-refractivity contribution < 1.29 is 14.3 Å². The number of aryl methyl sites for hydroxylation is 1. The van der Waals surface area contributed by atoms with Gasteiger partial charge in [-0.1, -0.05) is 18.6 Å². The highest BCUT2D eigenvalue weighted by Gasteiger charge is 2.29. The van der Waals surface area contributed by atoms with Gasteiger partial charge in [-0.15, -0.1) is 0 Å². The monoisotopic (exact) mass is 346 g/mol. The molecule has 0 saturated heterocycles. The summed E-state index contributed by atoms with van der Waals surface area (Å²) in [6.45, 7) is 0.0956. The summed E-state index contributed by atoms with van der Waals surface area (Å²) in [5.41, 5.74) is 1.55. The van der Waals surface area contributed by atoms with Crippen LogP contribution >= 0.6 is 0 Å². The Hall–Kier alpha value is -2.41. The first-order valence-corrected chi connectivity index (χ1v) is 8.49. The van der Waals surface area contributed by atoms with E-state index in [0.717, 1.165) is 24.8 Å². The summed E-state index contributed by atoms with van der Waals surface area (Å²) < 4.78 is 14.7. The molecule has 2 aromatic rings. The number of rotatable bonds is 6. The highest BCUT2D eigenvalue weighted by atomic mass is 19.1. The number of aromatic nitrogens is 2. The molecule has 2 atom stereocenters. The molecule has 3 rings (SSSR count). The molecule has 0 unspecified atom stereocenters. The SMILES string of the molecule is Cn1cc([C@@H](O)CNC(=O)N[C@@H](c2ccc(F)cc2)C2CCC2)cn1. The Bertz CT molecular complexity index is 712. The van der Waals surface area contributed by atoms with E-state index in [-0.39, 0.29) is 24.4 Å². The molecule has 134 valence electrons. The van der Waals surface area contributed by atoms with Gasteiger partial charge in [0.15, 0.2) is 0 Å². The lowest BCUT2D eigenvalue weighted by Gasteiger charge is -2.34. The van der Waals surface area contributed by atoms with Crippen molar-refractivity contribution in [3.8, 4) is 0 Å². The fraction of sp³-hybridized carbons (Fsp3) is 0.444. The molecule has 0 radical (unpaired) electrons. The van der Waals surface area contributed by atoms with Gasteiger partial charge in [0.25, 0.3) is 0 Å². The average molecular weight is 346 g/mol. The first kappa shape index (κ1) is 17.4. The van der Waals surface area contributed by atoms with Gasteiger partial charge in [0.2, 0.25) is 0 Å². The average Bonchev–Trinajstić information content (AvgIpc) is 2.98. The fourth-order valence-electron chi connectivity index (χ4n) is 3.03. The Labute approximate surface area is 146 Å². The molecule has 25 heavy (non-hydrogen) atoms. The number of halogens is 1. The van der Waals surface area contributed by atoms with Crippen molar-refractivity contribution in [2.75, 3.05) is 6.54 Å². The molecule has 1 aliphatic carbocycles. The maximum absolute atomic E-state index is 13.1. The van der Waals surface area contributed by atoms with Crippen LogP contribution in [0.4, 0.5) is 9.18 Å². The van der Waals surface area contributed by atoms with Gasteiger partial charge < -0.3 is 15.7 Å². The second kappa shape index (κ2) is 7.65. The molecule has 1 saturated carbocycles. The van der Waals surface area contributed by atoms with Crippen molar-refractivity contribution >= 4 is 6.03 Å². The minimum Gasteiger partial charge on any atom is -0.386 e. The number of urea groups is 1. The van der Waals surface area contributed by atoms with Gasteiger partial charge in [-0.05, 0) is 36.5 Å². The summed E-state index contributed by atoms with van der Waals surface area (Å²) in [6.07, 6.45) is 5.69. The topological polar surface area (TPSA) is 79.2 Å². The minimum atomic E-state index is -0.813. The Morgan fingerprint density at radius 1 is 1.36 bits per heavy atom. The first-order valence-electron chi connectivity index (χ1n) is 8.49. The lowest BCUT2D eigenvalue weighted by Crippen LogP contribution is -2.43. The van der Waals surface area contributed by atoms with E-state index in [4.69, 9.17) is 0 Å². The molecular formula is C18H23FN4O2. The van der Waals surface area contributed by atoms with E-state index in [1.54, 1.807) is 36.3 Å². The van der Waals surface area contributed by atoms with Crippen LogP contribution in [-0.4, -0.2) is 27.5 Å². The van der Waals surface area contributed by atoms with Crippen molar-refractivity contribution in [1.29, 1.82) is 0 Å².